The first-order chi connectivity index (χ1) is 9.08. The molecule has 0 unspecified atom stereocenters. The summed E-state index contributed by atoms with van der Waals surface area (Å²) in [5.41, 5.74) is 1.85. The highest BCUT2D eigenvalue weighted by Gasteiger charge is 2.06. The van der Waals surface area contributed by atoms with Crippen molar-refractivity contribution in [3.05, 3.63) is 58.4 Å². The molecule has 0 atom stereocenters. The van der Waals surface area contributed by atoms with Gasteiger partial charge >= 0.3 is 0 Å². The maximum atomic E-state index is 13.5. The highest BCUT2D eigenvalue weighted by Crippen LogP contribution is 2.31. The molecule has 0 aliphatic rings. The second kappa shape index (κ2) is 6.04. The van der Waals surface area contributed by atoms with Gasteiger partial charge in [0.15, 0.2) is 0 Å². The van der Waals surface area contributed by atoms with Gasteiger partial charge in [-0.1, -0.05) is 17.7 Å². The molecule has 1 N–H and O–H groups in total. The number of benzene rings is 2. The number of rotatable bonds is 4. The van der Waals surface area contributed by atoms with Gasteiger partial charge in [0.1, 0.15) is 17.3 Å². The van der Waals surface area contributed by atoms with E-state index in [9.17, 15) is 4.39 Å². The lowest BCUT2D eigenvalue weighted by molar-refractivity contribution is 0.475. The second-order valence-electron chi connectivity index (χ2n) is 4.36. The zero-order chi connectivity index (χ0) is 13.8. The predicted molar refractivity (Wildman–Crippen MR) is 75.4 cm³/mol. The molecule has 0 aliphatic heterocycles. The highest BCUT2D eigenvalue weighted by atomic mass is 35.5. The Balaban J connectivity index is 2.29. The van der Waals surface area contributed by atoms with Crippen LogP contribution >= 0.6 is 11.6 Å². The molecule has 4 heteroatoms. The van der Waals surface area contributed by atoms with Crippen LogP contribution in [0.1, 0.15) is 11.1 Å². The van der Waals surface area contributed by atoms with E-state index in [0.29, 0.717) is 23.1 Å². The lowest BCUT2D eigenvalue weighted by Crippen LogP contribution is -2.05. The standard InChI is InChI=1S/C15H15ClFNO/c1-10-3-4-14(16)15(5-10)19-13-7-11(9-18-2)6-12(17)8-13/h3-8,18H,9H2,1-2H3. The molecule has 100 valence electrons. The third-order valence-electron chi connectivity index (χ3n) is 2.63. The van der Waals surface area contributed by atoms with Crippen molar-refractivity contribution < 1.29 is 9.13 Å². The Bertz CT molecular complexity index is 586. The number of halogens is 2. The minimum absolute atomic E-state index is 0.327. The van der Waals surface area contributed by atoms with E-state index >= 15 is 0 Å². The summed E-state index contributed by atoms with van der Waals surface area (Å²) in [6, 6.07) is 10.1. The molecule has 0 saturated heterocycles. The van der Waals surface area contributed by atoms with E-state index in [1.165, 1.54) is 12.1 Å². The Labute approximate surface area is 117 Å². The average Bonchev–Trinajstić information content (AvgIpc) is 2.33. The van der Waals surface area contributed by atoms with Gasteiger partial charge in [0.25, 0.3) is 0 Å². The molecular weight excluding hydrogens is 265 g/mol. The van der Waals surface area contributed by atoms with Crippen LogP contribution in [-0.4, -0.2) is 7.05 Å². The maximum absolute atomic E-state index is 13.5. The van der Waals surface area contributed by atoms with Crippen LogP contribution in [0.15, 0.2) is 36.4 Å². The van der Waals surface area contributed by atoms with Gasteiger partial charge in [-0.2, -0.15) is 0 Å². The molecule has 2 aromatic carbocycles. The molecule has 2 nitrogen and oxygen atoms in total. The van der Waals surface area contributed by atoms with Crippen LogP contribution in [-0.2, 0) is 6.54 Å². The highest BCUT2D eigenvalue weighted by molar-refractivity contribution is 6.32. The normalized spacial score (nSPS) is 10.5. The molecule has 2 aromatic rings. The van der Waals surface area contributed by atoms with Gasteiger partial charge in [-0.25, -0.2) is 4.39 Å². The Morgan fingerprint density at radius 3 is 2.74 bits per heavy atom. The Kier molecular flexibility index (Phi) is 4.40. The van der Waals surface area contributed by atoms with Gasteiger partial charge < -0.3 is 10.1 Å². The summed E-state index contributed by atoms with van der Waals surface area (Å²) in [6.07, 6.45) is 0. The fourth-order valence-electron chi connectivity index (χ4n) is 1.80. The third-order valence-corrected chi connectivity index (χ3v) is 2.94. The molecule has 0 fully saturated rings. The molecule has 0 bridgehead atoms. The van der Waals surface area contributed by atoms with Crippen LogP contribution in [0.25, 0.3) is 0 Å². The van der Waals surface area contributed by atoms with Crippen molar-refractivity contribution in [1.82, 2.24) is 5.32 Å². The van der Waals surface area contributed by atoms with Crippen LogP contribution in [0, 0.1) is 12.7 Å². The Morgan fingerprint density at radius 1 is 1.21 bits per heavy atom. The van der Waals surface area contributed by atoms with Crippen molar-refractivity contribution in [3.63, 3.8) is 0 Å². The largest absolute Gasteiger partial charge is 0.456 e. The zero-order valence-corrected chi connectivity index (χ0v) is 11.6. The van der Waals surface area contributed by atoms with Crippen molar-refractivity contribution in [2.24, 2.45) is 0 Å². The Morgan fingerprint density at radius 2 is 2.00 bits per heavy atom. The first kappa shape index (κ1) is 13.8. The molecule has 0 heterocycles. The van der Waals surface area contributed by atoms with E-state index in [-0.39, 0.29) is 5.82 Å². The van der Waals surface area contributed by atoms with Gasteiger partial charge in [0.05, 0.1) is 5.02 Å². The van der Waals surface area contributed by atoms with E-state index < -0.39 is 0 Å². The van der Waals surface area contributed by atoms with Gasteiger partial charge in [0.2, 0.25) is 0 Å². The molecule has 0 saturated carbocycles. The molecule has 0 amide bonds. The van der Waals surface area contributed by atoms with E-state index in [1.54, 1.807) is 12.1 Å². The average molecular weight is 280 g/mol. The number of aryl methyl sites for hydroxylation is 1. The van der Waals surface area contributed by atoms with Crippen molar-refractivity contribution in [1.29, 1.82) is 0 Å². The first-order valence-corrected chi connectivity index (χ1v) is 6.34. The van der Waals surface area contributed by atoms with Gasteiger partial charge in [-0.15, -0.1) is 0 Å². The summed E-state index contributed by atoms with van der Waals surface area (Å²) in [5, 5.41) is 3.48. The van der Waals surface area contributed by atoms with Crippen LogP contribution in [0.5, 0.6) is 11.5 Å². The number of hydrogen-bond acceptors (Lipinski definition) is 2. The third kappa shape index (κ3) is 3.69. The van der Waals surface area contributed by atoms with Gasteiger partial charge in [-0.3, -0.25) is 0 Å². The summed E-state index contributed by atoms with van der Waals surface area (Å²) < 4.78 is 19.2. The summed E-state index contributed by atoms with van der Waals surface area (Å²) in [5.74, 6) is 0.645. The smallest absolute Gasteiger partial charge is 0.146 e. The molecule has 0 aliphatic carbocycles. The minimum atomic E-state index is -0.327. The molecule has 0 spiro atoms. The topological polar surface area (TPSA) is 21.3 Å². The lowest BCUT2D eigenvalue weighted by Gasteiger charge is -2.10. The van der Waals surface area contributed by atoms with E-state index in [2.05, 4.69) is 5.32 Å². The fraction of sp³-hybridized carbons (Fsp3) is 0.200. The molecule has 0 radical (unpaired) electrons. The quantitative estimate of drug-likeness (QED) is 0.901. The number of hydrogen-bond donors (Lipinski definition) is 1. The van der Waals surface area contributed by atoms with Gasteiger partial charge in [0, 0.05) is 12.6 Å². The van der Waals surface area contributed by atoms with Gasteiger partial charge in [-0.05, 0) is 49.4 Å². The lowest BCUT2D eigenvalue weighted by atomic mass is 10.2. The molecular formula is C15H15ClFNO. The van der Waals surface area contributed by atoms with Crippen molar-refractivity contribution >= 4 is 11.6 Å². The molecule has 19 heavy (non-hydrogen) atoms. The Hall–Kier alpha value is -1.58. The van der Waals surface area contributed by atoms with E-state index in [1.807, 2.05) is 26.1 Å². The van der Waals surface area contributed by atoms with E-state index in [0.717, 1.165) is 11.1 Å². The summed E-state index contributed by atoms with van der Waals surface area (Å²) in [7, 11) is 1.81. The summed E-state index contributed by atoms with van der Waals surface area (Å²) in [4.78, 5) is 0. The monoisotopic (exact) mass is 279 g/mol. The summed E-state index contributed by atoms with van der Waals surface area (Å²) >= 11 is 6.06. The predicted octanol–water partition coefficient (Wildman–Crippen LogP) is 4.30. The van der Waals surface area contributed by atoms with E-state index in [4.69, 9.17) is 16.3 Å². The SMILES string of the molecule is CNCc1cc(F)cc(Oc2cc(C)ccc2Cl)c1. The van der Waals surface area contributed by atoms with Crippen LogP contribution < -0.4 is 10.1 Å². The van der Waals surface area contributed by atoms with Crippen LogP contribution in [0.2, 0.25) is 5.02 Å². The molecule has 0 aromatic heterocycles. The minimum Gasteiger partial charge on any atom is -0.456 e. The van der Waals surface area contributed by atoms with Crippen LogP contribution in [0.4, 0.5) is 4.39 Å². The van der Waals surface area contributed by atoms with Crippen molar-refractivity contribution in [3.8, 4) is 11.5 Å². The number of ether oxygens (including phenoxy) is 1. The number of nitrogens with one attached hydrogen (secondary N) is 1. The fourth-order valence-corrected chi connectivity index (χ4v) is 1.96. The van der Waals surface area contributed by atoms with Crippen molar-refractivity contribution in [2.75, 3.05) is 7.05 Å². The molecule has 2 rings (SSSR count). The van der Waals surface area contributed by atoms with Crippen LogP contribution in [0.3, 0.4) is 0 Å². The zero-order valence-electron chi connectivity index (χ0n) is 10.8. The maximum Gasteiger partial charge on any atom is 0.146 e. The first-order valence-electron chi connectivity index (χ1n) is 5.96. The second-order valence-corrected chi connectivity index (χ2v) is 4.77. The summed E-state index contributed by atoms with van der Waals surface area (Å²) in [6.45, 7) is 2.52. The van der Waals surface area contributed by atoms with Crippen molar-refractivity contribution in [2.45, 2.75) is 13.5 Å².